The standard InChI is InChI=1S/C19H16ClF3N2O4S/c1-28-15-5-2-12(3-6-15)18-25-14(11-29-18)8-9-24-30(26,27)17-7-4-13(20)10-16(17)19(21,22)23/h2-7,10-11,24H,8-9H2,1H3. The highest BCUT2D eigenvalue weighted by Gasteiger charge is 2.37. The third-order valence-corrected chi connectivity index (χ3v) is 5.85. The summed E-state index contributed by atoms with van der Waals surface area (Å²) in [6.45, 7) is -0.170. The van der Waals surface area contributed by atoms with Crippen molar-refractivity contribution in [3.63, 3.8) is 0 Å². The Morgan fingerprint density at radius 2 is 1.87 bits per heavy atom. The van der Waals surface area contributed by atoms with E-state index in [-0.39, 0.29) is 18.0 Å². The molecule has 0 atom stereocenters. The number of ether oxygens (including phenoxy) is 1. The van der Waals surface area contributed by atoms with E-state index in [9.17, 15) is 21.6 Å². The minimum absolute atomic E-state index is 0.119. The molecule has 0 aliphatic carbocycles. The molecule has 30 heavy (non-hydrogen) atoms. The third kappa shape index (κ3) is 5.13. The lowest BCUT2D eigenvalue weighted by molar-refractivity contribution is -0.139. The van der Waals surface area contributed by atoms with Crippen molar-refractivity contribution in [1.82, 2.24) is 9.71 Å². The Kier molecular flexibility index (Phi) is 6.39. The van der Waals surface area contributed by atoms with Gasteiger partial charge in [-0.3, -0.25) is 0 Å². The number of oxazole rings is 1. The van der Waals surface area contributed by atoms with Crippen LogP contribution in [-0.2, 0) is 22.6 Å². The highest BCUT2D eigenvalue weighted by atomic mass is 35.5. The summed E-state index contributed by atoms with van der Waals surface area (Å²) in [6.07, 6.45) is -3.39. The van der Waals surface area contributed by atoms with Gasteiger partial charge in [0, 0.05) is 23.6 Å². The molecular formula is C19H16ClF3N2O4S. The van der Waals surface area contributed by atoms with Gasteiger partial charge in [0.25, 0.3) is 0 Å². The Morgan fingerprint density at radius 3 is 2.50 bits per heavy atom. The van der Waals surface area contributed by atoms with Crippen molar-refractivity contribution >= 4 is 21.6 Å². The number of hydrogen-bond acceptors (Lipinski definition) is 5. The minimum Gasteiger partial charge on any atom is -0.497 e. The molecule has 0 saturated heterocycles. The summed E-state index contributed by atoms with van der Waals surface area (Å²) in [7, 11) is -2.87. The zero-order valence-corrected chi connectivity index (χ0v) is 17.1. The maximum atomic E-state index is 13.2. The third-order valence-electron chi connectivity index (χ3n) is 4.10. The van der Waals surface area contributed by atoms with Gasteiger partial charge in [0.15, 0.2) is 0 Å². The molecule has 0 aliphatic heterocycles. The van der Waals surface area contributed by atoms with Crippen molar-refractivity contribution in [1.29, 1.82) is 0 Å². The molecule has 3 rings (SSSR count). The van der Waals surface area contributed by atoms with Gasteiger partial charge >= 0.3 is 6.18 Å². The van der Waals surface area contributed by atoms with Gasteiger partial charge in [0.05, 0.1) is 23.3 Å². The van der Waals surface area contributed by atoms with Crippen molar-refractivity contribution in [2.24, 2.45) is 0 Å². The van der Waals surface area contributed by atoms with Crippen LogP contribution in [-0.4, -0.2) is 27.1 Å². The number of halogens is 4. The summed E-state index contributed by atoms with van der Waals surface area (Å²) < 4.78 is 76.9. The lowest BCUT2D eigenvalue weighted by atomic mass is 10.2. The van der Waals surface area contributed by atoms with E-state index in [1.54, 1.807) is 31.4 Å². The molecule has 0 bridgehead atoms. The van der Waals surface area contributed by atoms with Crippen molar-refractivity contribution < 1.29 is 30.7 Å². The predicted octanol–water partition coefficient (Wildman–Crippen LogP) is 4.54. The molecule has 1 N–H and O–H groups in total. The van der Waals surface area contributed by atoms with Crippen LogP contribution in [0, 0.1) is 0 Å². The molecule has 3 aromatic rings. The average Bonchev–Trinajstić information content (AvgIpc) is 3.16. The van der Waals surface area contributed by atoms with Crippen LogP contribution in [0.1, 0.15) is 11.3 Å². The monoisotopic (exact) mass is 460 g/mol. The number of hydrogen-bond donors (Lipinski definition) is 1. The highest BCUT2D eigenvalue weighted by Crippen LogP contribution is 2.35. The highest BCUT2D eigenvalue weighted by molar-refractivity contribution is 7.89. The van der Waals surface area contributed by atoms with Crippen molar-refractivity contribution in [3.8, 4) is 17.2 Å². The van der Waals surface area contributed by atoms with Crippen LogP contribution in [0.2, 0.25) is 5.02 Å². The van der Waals surface area contributed by atoms with Crippen LogP contribution in [0.5, 0.6) is 5.75 Å². The number of nitrogens with one attached hydrogen (secondary N) is 1. The number of nitrogens with zero attached hydrogens (tertiary/aromatic N) is 1. The summed E-state index contributed by atoms with van der Waals surface area (Å²) >= 11 is 5.59. The van der Waals surface area contributed by atoms with Crippen LogP contribution in [0.3, 0.4) is 0 Å². The first kappa shape index (κ1) is 22.1. The molecule has 0 fully saturated rings. The van der Waals surface area contributed by atoms with E-state index in [0.29, 0.717) is 29.0 Å². The van der Waals surface area contributed by atoms with E-state index < -0.39 is 26.7 Å². The molecule has 0 spiro atoms. The second-order valence-electron chi connectivity index (χ2n) is 6.16. The van der Waals surface area contributed by atoms with E-state index in [2.05, 4.69) is 9.71 Å². The van der Waals surface area contributed by atoms with Crippen LogP contribution in [0.15, 0.2) is 58.0 Å². The first-order chi connectivity index (χ1) is 14.1. The van der Waals surface area contributed by atoms with Gasteiger partial charge in [0.2, 0.25) is 15.9 Å². The lowest BCUT2D eigenvalue weighted by Gasteiger charge is -2.14. The Morgan fingerprint density at radius 1 is 1.17 bits per heavy atom. The summed E-state index contributed by atoms with van der Waals surface area (Å²) in [6, 6.07) is 9.45. The minimum atomic E-state index is -4.87. The number of rotatable bonds is 7. The van der Waals surface area contributed by atoms with Gasteiger partial charge < -0.3 is 9.15 Å². The van der Waals surface area contributed by atoms with E-state index in [1.165, 1.54) is 6.26 Å². The van der Waals surface area contributed by atoms with E-state index >= 15 is 0 Å². The van der Waals surface area contributed by atoms with Crippen molar-refractivity contribution in [2.45, 2.75) is 17.5 Å². The van der Waals surface area contributed by atoms with Crippen LogP contribution in [0.25, 0.3) is 11.5 Å². The number of benzene rings is 2. The fraction of sp³-hybridized carbons (Fsp3) is 0.211. The Hall–Kier alpha value is -2.56. The quantitative estimate of drug-likeness (QED) is 0.559. The summed E-state index contributed by atoms with van der Waals surface area (Å²) in [5.41, 5.74) is -0.194. The maximum Gasteiger partial charge on any atom is 0.417 e. The molecular weight excluding hydrogens is 445 g/mol. The van der Waals surface area contributed by atoms with Gasteiger partial charge in [-0.1, -0.05) is 11.6 Å². The molecule has 0 saturated carbocycles. The van der Waals surface area contributed by atoms with Gasteiger partial charge in [-0.05, 0) is 42.5 Å². The topological polar surface area (TPSA) is 81.4 Å². The smallest absolute Gasteiger partial charge is 0.417 e. The lowest BCUT2D eigenvalue weighted by Crippen LogP contribution is -2.28. The number of alkyl halides is 3. The first-order valence-electron chi connectivity index (χ1n) is 8.55. The summed E-state index contributed by atoms with van der Waals surface area (Å²) in [5, 5.41) is -0.213. The zero-order chi connectivity index (χ0) is 21.9. The van der Waals surface area contributed by atoms with Gasteiger partial charge in [-0.15, -0.1) is 0 Å². The van der Waals surface area contributed by atoms with Crippen LogP contribution in [0.4, 0.5) is 13.2 Å². The molecule has 11 heteroatoms. The van der Waals surface area contributed by atoms with Gasteiger partial charge in [-0.2, -0.15) is 13.2 Å². The van der Waals surface area contributed by atoms with E-state index in [1.807, 2.05) is 0 Å². The molecule has 0 amide bonds. The number of aromatic nitrogens is 1. The maximum absolute atomic E-state index is 13.2. The largest absolute Gasteiger partial charge is 0.497 e. The molecule has 0 aliphatic rings. The molecule has 6 nitrogen and oxygen atoms in total. The normalized spacial score (nSPS) is 12.2. The van der Waals surface area contributed by atoms with Crippen molar-refractivity contribution in [3.05, 3.63) is 65.0 Å². The van der Waals surface area contributed by atoms with Gasteiger partial charge in [0.1, 0.15) is 12.0 Å². The van der Waals surface area contributed by atoms with Crippen molar-refractivity contribution in [2.75, 3.05) is 13.7 Å². The Balaban J connectivity index is 1.69. The molecule has 1 heterocycles. The molecule has 1 aromatic heterocycles. The molecule has 0 unspecified atom stereocenters. The fourth-order valence-corrected chi connectivity index (χ4v) is 4.05. The molecule has 0 radical (unpaired) electrons. The summed E-state index contributed by atoms with van der Waals surface area (Å²) in [5.74, 6) is 0.993. The Bertz CT molecular complexity index is 1130. The van der Waals surface area contributed by atoms with E-state index in [0.717, 1.165) is 12.1 Å². The van der Waals surface area contributed by atoms with Crippen LogP contribution >= 0.6 is 11.6 Å². The molecule has 160 valence electrons. The second-order valence-corrected chi connectivity index (χ2v) is 8.33. The Labute approximate surface area is 175 Å². The summed E-state index contributed by atoms with van der Waals surface area (Å²) in [4.78, 5) is 3.37. The zero-order valence-electron chi connectivity index (χ0n) is 15.5. The van der Waals surface area contributed by atoms with Crippen LogP contribution < -0.4 is 9.46 Å². The predicted molar refractivity (Wildman–Crippen MR) is 104 cm³/mol. The average molecular weight is 461 g/mol. The van der Waals surface area contributed by atoms with Gasteiger partial charge in [-0.25, -0.2) is 18.1 Å². The SMILES string of the molecule is COc1ccc(-c2nc(CCNS(=O)(=O)c3ccc(Cl)cc3C(F)(F)F)co2)cc1. The first-order valence-corrected chi connectivity index (χ1v) is 10.4. The number of sulfonamides is 1. The number of methoxy groups -OCH3 is 1. The van der Waals surface area contributed by atoms with E-state index in [4.69, 9.17) is 20.8 Å². The second kappa shape index (κ2) is 8.66. The molecule has 2 aromatic carbocycles. The fourth-order valence-electron chi connectivity index (χ4n) is 2.64.